The number of carbonyl (C=O) groups excluding carboxylic acids is 1. The fraction of sp³-hybridized carbons (Fsp3) is 0.391. The minimum absolute atomic E-state index is 0. The number of carbonyl (C=O) groups is 1. The third-order valence-corrected chi connectivity index (χ3v) is 4.39. The lowest BCUT2D eigenvalue weighted by molar-refractivity contribution is 0.0617. The Morgan fingerprint density at radius 2 is 1.71 bits per heavy atom. The fourth-order valence-corrected chi connectivity index (χ4v) is 2.79. The Hall–Kier alpha value is -2.33. The second kappa shape index (κ2) is 13.2. The molecule has 31 heavy (non-hydrogen) atoms. The van der Waals surface area contributed by atoms with Gasteiger partial charge < -0.3 is 26.4 Å². The van der Waals surface area contributed by atoms with E-state index >= 15 is 0 Å². The molecule has 0 aliphatic rings. The summed E-state index contributed by atoms with van der Waals surface area (Å²) in [6.07, 6.45) is 0. The summed E-state index contributed by atoms with van der Waals surface area (Å²) in [5.41, 5.74) is 1.57. The average molecular weight is 539 g/mol. The first kappa shape index (κ1) is 26.7. The summed E-state index contributed by atoms with van der Waals surface area (Å²) in [6, 6.07) is 17.0. The number of nitrogens with one attached hydrogen (secondary N) is 4. The van der Waals surface area contributed by atoms with E-state index in [1.165, 1.54) is 0 Å². The Kier molecular flexibility index (Phi) is 11.3. The molecular weight excluding hydrogens is 505 g/mol. The van der Waals surface area contributed by atoms with E-state index in [0.29, 0.717) is 25.6 Å². The average Bonchev–Trinajstić information content (AvgIpc) is 2.71. The topological polar surface area (TPSA) is 97.8 Å². The minimum Gasteiger partial charge on any atom is -0.384 e. The third-order valence-electron chi connectivity index (χ3n) is 4.39. The van der Waals surface area contributed by atoms with Crippen LogP contribution in [0.4, 0.5) is 10.5 Å². The number of halogens is 1. The first-order valence-electron chi connectivity index (χ1n) is 10.3. The second-order valence-corrected chi connectivity index (χ2v) is 7.64. The van der Waals surface area contributed by atoms with E-state index in [9.17, 15) is 9.90 Å². The molecule has 0 fully saturated rings. The zero-order valence-electron chi connectivity index (χ0n) is 18.6. The van der Waals surface area contributed by atoms with Gasteiger partial charge in [0.2, 0.25) is 0 Å². The van der Waals surface area contributed by atoms with Gasteiger partial charge in [0.25, 0.3) is 0 Å². The standard InChI is InChI=1S/C23H33N5O2.HI/c1-5-24-21(26-16-23(4,30)19-9-7-6-8-10-19)25-15-18-11-13-20(14-12-18)28-22(29)27-17(2)3;/h6-14,17,30H,5,15-16H2,1-4H3,(H2,24,25,26)(H2,27,28,29);1H. The van der Waals surface area contributed by atoms with E-state index in [2.05, 4.69) is 26.3 Å². The number of aliphatic hydroxyl groups is 1. The molecule has 0 aliphatic heterocycles. The van der Waals surface area contributed by atoms with Crippen molar-refractivity contribution in [2.75, 3.05) is 18.4 Å². The highest BCUT2D eigenvalue weighted by Crippen LogP contribution is 2.18. The highest BCUT2D eigenvalue weighted by molar-refractivity contribution is 14.0. The van der Waals surface area contributed by atoms with Gasteiger partial charge in [-0.25, -0.2) is 9.79 Å². The van der Waals surface area contributed by atoms with Gasteiger partial charge in [-0.1, -0.05) is 42.5 Å². The van der Waals surface area contributed by atoms with Crippen LogP contribution in [0.1, 0.15) is 38.8 Å². The molecule has 2 amide bonds. The summed E-state index contributed by atoms with van der Waals surface area (Å²) in [5, 5.41) is 22.8. The lowest BCUT2D eigenvalue weighted by Gasteiger charge is -2.25. The summed E-state index contributed by atoms with van der Waals surface area (Å²) in [5.74, 6) is 0.632. The van der Waals surface area contributed by atoms with Gasteiger partial charge in [0.05, 0.1) is 13.1 Å². The molecule has 7 nitrogen and oxygen atoms in total. The van der Waals surface area contributed by atoms with Crippen molar-refractivity contribution >= 4 is 41.7 Å². The van der Waals surface area contributed by atoms with E-state index in [-0.39, 0.29) is 36.0 Å². The van der Waals surface area contributed by atoms with Crippen molar-refractivity contribution in [2.45, 2.75) is 45.9 Å². The van der Waals surface area contributed by atoms with E-state index in [0.717, 1.165) is 16.8 Å². The van der Waals surface area contributed by atoms with Gasteiger partial charge in [0.1, 0.15) is 5.60 Å². The molecule has 0 bridgehead atoms. The predicted molar refractivity (Wildman–Crippen MR) is 138 cm³/mol. The Morgan fingerprint density at radius 3 is 2.29 bits per heavy atom. The number of guanidine groups is 1. The Balaban J connectivity index is 0.00000480. The lowest BCUT2D eigenvalue weighted by Crippen LogP contribution is -2.44. The van der Waals surface area contributed by atoms with Crippen LogP contribution in [0.3, 0.4) is 0 Å². The highest BCUT2D eigenvalue weighted by atomic mass is 127. The number of hydrogen-bond donors (Lipinski definition) is 5. The monoisotopic (exact) mass is 539 g/mol. The van der Waals surface area contributed by atoms with Crippen LogP contribution >= 0.6 is 24.0 Å². The highest BCUT2D eigenvalue weighted by Gasteiger charge is 2.22. The number of hydrogen-bond acceptors (Lipinski definition) is 3. The van der Waals surface area contributed by atoms with E-state index in [1.807, 2.05) is 75.4 Å². The molecule has 1 unspecified atom stereocenters. The van der Waals surface area contributed by atoms with Gasteiger partial charge in [-0.2, -0.15) is 0 Å². The normalized spacial score (nSPS) is 13.0. The van der Waals surface area contributed by atoms with Crippen molar-refractivity contribution in [2.24, 2.45) is 4.99 Å². The largest absolute Gasteiger partial charge is 0.384 e. The zero-order valence-corrected chi connectivity index (χ0v) is 20.9. The molecule has 0 saturated carbocycles. The Bertz CT molecular complexity index is 824. The van der Waals surface area contributed by atoms with Crippen LogP contribution in [0.15, 0.2) is 59.6 Å². The second-order valence-electron chi connectivity index (χ2n) is 7.64. The van der Waals surface area contributed by atoms with Gasteiger partial charge in [-0.15, -0.1) is 24.0 Å². The van der Waals surface area contributed by atoms with Gasteiger partial charge in [-0.05, 0) is 51.0 Å². The van der Waals surface area contributed by atoms with Gasteiger partial charge >= 0.3 is 6.03 Å². The fourth-order valence-electron chi connectivity index (χ4n) is 2.79. The van der Waals surface area contributed by atoms with E-state index in [4.69, 9.17) is 0 Å². The van der Waals surface area contributed by atoms with Crippen LogP contribution in [0, 0.1) is 0 Å². The van der Waals surface area contributed by atoms with Crippen LogP contribution in [0.5, 0.6) is 0 Å². The molecule has 1 atom stereocenters. The number of urea groups is 1. The lowest BCUT2D eigenvalue weighted by atomic mass is 9.96. The third kappa shape index (κ3) is 9.56. The molecule has 0 saturated heterocycles. The van der Waals surface area contributed by atoms with Crippen LogP contribution in [-0.2, 0) is 12.1 Å². The molecule has 0 heterocycles. The smallest absolute Gasteiger partial charge is 0.319 e. The summed E-state index contributed by atoms with van der Waals surface area (Å²) < 4.78 is 0. The summed E-state index contributed by atoms with van der Waals surface area (Å²) in [6.45, 7) is 9.12. The van der Waals surface area contributed by atoms with Gasteiger partial charge in [0.15, 0.2) is 5.96 Å². The van der Waals surface area contributed by atoms with Crippen LogP contribution < -0.4 is 21.3 Å². The van der Waals surface area contributed by atoms with E-state index in [1.54, 1.807) is 6.92 Å². The van der Waals surface area contributed by atoms with Crippen molar-refractivity contribution in [1.82, 2.24) is 16.0 Å². The molecule has 2 rings (SSSR count). The molecule has 2 aromatic carbocycles. The maximum atomic E-state index is 11.8. The number of amides is 2. The molecule has 0 radical (unpaired) electrons. The summed E-state index contributed by atoms with van der Waals surface area (Å²) in [4.78, 5) is 16.4. The zero-order chi connectivity index (χ0) is 22.0. The molecule has 170 valence electrons. The molecule has 0 aliphatic carbocycles. The van der Waals surface area contributed by atoms with Crippen LogP contribution in [0.25, 0.3) is 0 Å². The number of nitrogens with zero attached hydrogens (tertiary/aromatic N) is 1. The molecule has 8 heteroatoms. The molecule has 5 N–H and O–H groups in total. The first-order chi connectivity index (χ1) is 14.3. The molecule has 0 aromatic heterocycles. The van der Waals surface area contributed by atoms with Crippen molar-refractivity contribution in [1.29, 1.82) is 0 Å². The number of rotatable bonds is 8. The SMILES string of the molecule is CCNC(=NCc1ccc(NC(=O)NC(C)C)cc1)NCC(C)(O)c1ccccc1.I. The Labute approximate surface area is 202 Å². The number of aliphatic imine (C=N–C) groups is 1. The van der Waals surface area contributed by atoms with Crippen molar-refractivity contribution in [3.8, 4) is 0 Å². The van der Waals surface area contributed by atoms with E-state index < -0.39 is 5.60 Å². The first-order valence-corrected chi connectivity index (χ1v) is 10.3. The number of anilines is 1. The van der Waals surface area contributed by atoms with Gasteiger partial charge in [-0.3, -0.25) is 0 Å². The minimum atomic E-state index is -1.01. The van der Waals surface area contributed by atoms with Crippen molar-refractivity contribution in [3.05, 3.63) is 65.7 Å². The summed E-state index contributed by atoms with van der Waals surface area (Å²) >= 11 is 0. The molecule has 2 aromatic rings. The summed E-state index contributed by atoms with van der Waals surface area (Å²) in [7, 11) is 0. The van der Waals surface area contributed by atoms with Crippen molar-refractivity contribution in [3.63, 3.8) is 0 Å². The van der Waals surface area contributed by atoms with Gasteiger partial charge in [0, 0.05) is 18.3 Å². The quantitative estimate of drug-likeness (QED) is 0.200. The van der Waals surface area contributed by atoms with Crippen LogP contribution in [0.2, 0.25) is 0 Å². The predicted octanol–water partition coefficient (Wildman–Crippen LogP) is 3.80. The molecule has 0 spiro atoms. The maximum absolute atomic E-state index is 11.8. The van der Waals surface area contributed by atoms with Crippen LogP contribution in [-0.4, -0.2) is 36.2 Å². The van der Waals surface area contributed by atoms with Crippen molar-refractivity contribution < 1.29 is 9.90 Å². The molecular formula is C23H34IN5O2. The number of benzene rings is 2. The maximum Gasteiger partial charge on any atom is 0.319 e. The Morgan fingerprint density at radius 1 is 1.06 bits per heavy atom.